The van der Waals surface area contributed by atoms with Crippen LogP contribution in [0.4, 0.5) is 0 Å². The predicted octanol–water partition coefficient (Wildman–Crippen LogP) is 3.61. The summed E-state index contributed by atoms with van der Waals surface area (Å²) in [5, 5.41) is 19.9. The van der Waals surface area contributed by atoms with Crippen molar-refractivity contribution < 1.29 is 15.0 Å². The number of fused-ring (bicyclic) bond motifs is 1. The van der Waals surface area contributed by atoms with E-state index in [1.807, 2.05) is 36.4 Å². The Morgan fingerprint density at radius 3 is 2.48 bits per heavy atom. The zero-order valence-corrected chi connectivity index (χ0v) is 11.4. The highest BCUT2D eigenvalue weighted by molar-refractivity contribution is 6.00. The lowest BCUT2D eigenvalue weighted by Gasteiger charge is -2.10. The number of carboxylic acids is 1. The molecule has 0 atom stereocenters. The van der Waals surface area contributed by atoms with Crippen LogP contribution < -0.4 is 0 Å². The Hall–Kier alpha value is -2.88. The second-order valence-electron chi connectivity index (χ2n) is 4.85. The molecule has 0 saturated heterocycles. The highest BCUT2D eigenvalue weighted by Gasteiger charge is 2.15. The molecule has 1 aromatic heterocycles. The van der Waals surface area contributed by atoms with Crippen molar-refractivity contribution in [1.29, 1.82) is 0 Å². The van der Waals surface area contributed by atoms with E-state index in [-0.39, 0.29) is 11.4 Å². The molecular formula is C17H13NO3. The number of nitrogens with zero attached hydrogens (tertiary/aromatic N) is 1. The van der Waals surface area contributed by atoms with Gasteiger partial charge in [-0.3, -0.25) is 0 Å². The van der Waals surface area contributed by atoms with Gasteiger partial charge in [0.25, 0.3) is 0 Å². The van der Waals surface area contributed by atoms with Crippen LogP contribution in [0.3, 0.4) is 0 Å². The minimum atomic E-state index is -1.10. The van der Waals surface area contributed by atoms with Crippen LogP contribution in [-0.4, -0.2) is 21.2 Å². The molecule has 21 heavy (non-hydrogen) atoms. The van der Waals surface area contributed by atoms with Crippen molar-refractivity contribution in [1.82, 2.24) is 4.98 Å². The average molecular weight is 279 g/mol. The van der Waals surface area contributed by atoms with Gasteiger partial charge in [0.1, 0.15) is 11.3 Å². The fourth-order valence-electron chi connectivity index (χ4n) is 2.43. The molecule has 104 valence electrons. The van der Waals surface area contributed by atoms with Crippen LogP contribution in [0.25, 0.3) is 22.0 Å². The number of hydrogen-bond donors (Lipinski definition) is 2. The highest BCUT2D eigenvalue weighted by Crippen LogP contribution is 2.33. The molecule has 0 amide bonds. The molecule has 3 aromatic rings. The number of benzene rings is 2. The predicted molar refractivity (Wildman–Crippen MR) is 80.5 cm³/mol. The molecule has 2 aromatic carbocycles. The highest BCUT2D eigenvalue weighted by atomic mass is 16.4. The molecule has 3 rings (SSSR count). The molecule has 0 radical (unpaired) electrons. The summed E-state index contributed by atoms with van der Waals surface area (Å²) >= 11 is 0. The summed E-state index contributed by atoms with van der Waals surface area (Å²) in [4.78, 5) is 15.3. The second-order valence-corrected chi connectivity index (χ2v) is 4.85. The number of aryl methyl sites for hydroxylation is 1. The third kappa shape index (κ3) is 2.21. The van der Waals surface area contributed by atoms with Gasteiger partial charge < -0.3 is 10.2 Å². The molecule has 0 unspecified atom stereocenters. The number of carbonyl (C=O) groups is 1. The molecule has 1 heterocycles. The fraction of sp³-hybridized carbons (Fsp3) is 0.0588. The molecule has 0 fully saturated rings. The van der Waals surface area contributed by atoms with E-state index in [4.69, 9.17) is 5.11 Å². The van der Waals surface area contributed by atoms with Gasteiger partial charge in [0.15, 0.2) is 5.69 Å². The quantitative estimate of drug-likeness (QED) is 0.751. The molecule has 4 heteroatoms. The van der Waals surface area contributed by atoms with E-state index in [0.717, 1.165) is 16.5 Å². The van der Waals surface area contributed by atoms with Gasteiger partial charge in [-0.15, -0.1) is 0 Å². The van der Waals surface area contributed by atoms with E-state index in [9.17, 15) is 9.90 Å². The summed E-state index contributed by atoms with van der Waals surface area (Å²) in [5.74, 6) is -1.12. The number of pyridine rings is 1. The van der Waals surface area contributed by atoms with Crippen LogP contribution in [0.1, 0.15) is 16.1 Å². The zero-order valence-electron chi connectivity index (χ0n) is 11.4. The van der Waals surface area contributed by atoms with Gasteiger partial charge in [0.2, 0.25) is 0 Å². The average Bonchev–Trinajstić information content (AvgIpc) is 2.47. The lowest BCUT2D eigenvalue weighted by Crippen LogP contribution is -2.04. The van der Waals surface area contributed by atoms with Crippen LogP contribution in [0.15, 0.2) is 48.5 Å². The van der Waals surface area contributed by atoms with E-state index in [1.165, 1.54) is 0 Å². The lowest BCUT2D eigenvalue weighted by molar-refractivity contribution is 0.0690. The topological polar surface area (TPSA) is 70.4 Å². The van der Waals surface area contributed by atoms with Gasteiger partial charge in [-0.2, -0.15) is 0 Å². The fourth-order valence-corrected chi connectivity index (χ4v) is 2.43. The first-order chi connectivity index (χ1) is 10.1. The van der Waals surface area contributed by atoms with Crippen molar-refractivity contribution in [3.8, 4) is 16.9 Å². The third-order valence-corrected chi connectivity index (χ3v) is 3.44. The first-order valence-corrected chi connectivity index (χ1v) is 6.50. The Labute approximate surface area is 121 Å². The maximum atomic E-state index is 11.2. The number of aromatic hydroxyl groups is 1. The van der Waals surface area contributed by atoms with Crippen molar-refractivity contribution in [3.63, 3.8) is 0 Å². The summed E-state index contributed by atoms with van der Waals surface area (Å²) in [6.07, 6.45) is 0. The zero-order chi connectivity index (χ0) is 15.0. The number of aromatic carboxylic acids is 1. The Morgan fingerprint density at radius 1 is 1.10 bits per heavy atom. The van der Waals surface area contributed by atoms with Gasteiger partial charge >= 0.3 is 5.97 Å². The number of carboxylic acid groups (broad SMARTS) is 1. The molecule has 0 aliphatic heterocycles. The monoisotopic (exact) mass is 279 g/mol. The molecule has 0 aliphatic carbocycles. The maximum Gasteiger partial charge on any atom is 0.354 e. The largest absolute Gasteiger partial charge is 0.506 e. The van der Waals surface area contributed by atoms with Crippen LogP contribution in [0, 0.1) is 6.92 Å². The van der Waals surface area contributed by atoms with Crippen LogP contribution in [-0.2, 0) is 0 Å². The van der Waals surface area contributed by atoms with Crippen LogP contribution in [0.2, 0.25) is 0 Å². The molecule has 0 bridgehead atoms. The SMILES string of the molecule is Cc1cc2c(-c3ccccc3)ccc(O)c2nc1C(=O)O. The van der Waals surface area contributed by atoms with Crippen LogP contribution >= 0.6 is 0 Å². The van der Waals surface area contributed by atoms with E-state index >= 15 is 0 Å². The molecular weight excluding hydrogens is 266 g/mol. The Kier molecular flexibility index (Phi) is 3.06. The Bertz CT molecular complexity index is 842. The maximum absolute atomic E-state index is 11.2. The molecule has 2 N–H and O–H groups in total. The number of phenols is 1. The summed E-state index contributed by atoms with van der Waals surface area (Å²) in [6, 6.07) is 14.8. The lowest BCUT2D eigenvalue weighted by atomic mass is 9.98. The first-order valence-electron chi connectivity index (χ1n) is 6.50. The van der Waals surface area contributed by atoms with E-state index in [1.54, 1.807) is 19.1 Å². The summed E-state index contributed by atoms with van der Waals surface area (Å²) < 4.78 is 0. The first kappa shape index (κ1) is 13.1. The van der Waals surface area contributed by atoms with Crippen molar-refractivity contribution >= 4 is 16.9 Å². The summed E-state index contributed by atoms with van der Waals surface area (Å²) in [7, 11) is 0. The van der Waals surface area contributed by atoms with E-state index < -0.39 is 5.97 Å². The minimum Gasteiger partial charge on any atom is -0.506 e. The summed E-state index contributed by atoms with van der Waals surface area (Å²) in [6.45, 7) is 1.70. The van der Waals surface area contributed by atoms with Crippen molar-refractivity contribution in [2.75, 3.05) is 0 Å². The second kappa shape index (κ2) is 4.90. The van der Waals surface area contributed by atoms with E-state index in [2.05, 4.69) is 4.98 Å². The number of rotatable bonds is 2. The Balaban J connectivity index is 2.37. The minimum absolute atomic E-state index is 0.0211. The van der Waals surface area contributed by atoms with Crippen molar-refractivity contribution in [3.05, 3.63) is 59.8 Å². The van der Waals surface area contributed by atoms with Crippen molar-refractivity contribution in [2.24, 2.45) is 0 Å². The number of aromatic nitrogens is 1. The van der Waals surface area contributed by atoms with Gasteiger partial charge in [-0.1, -0.05) is 30.3 Å². The number of hydrogen-bond acceptors (Lipinski definition) is 3. The Morgan fingerprint density at radius 2 is 1.81 bits per heavy atom. The molecule has 0 saturated carbocycles. The van der Waals surface area contributed by atoms with Crippen LogP contribution in [0.5, 0.6) is 5.75 Å². The normalized spacial score (nSPS) is 10.7. The number of phenolic OH excluding ortho intramolecular Hbond substituents is 1. The van der Waals surface area contributed by atoms with Gasteiger partial charge in [0, 0.05) is 5.39 Å². The third-order valence-electron chi connectivity index (χ3n) is 3.44. The van der Waals surface area contributed by atoms with Gasteiger partial charge in [0.05, 0.1) is 0 Å². The molecule has 0 aliphatic rings. The van der Waals surface area contributed by atoms with Crippen molar-refractivity contribution in [2.45, 2.75) is 6.92 Å². The van der Waals surface area contributed by atoms with Gasteiger partial charge in [-0.05, 0) is 41.8 Å². The summed E-state index contributed by atoms with van der Waals surface area (Å²) in [5.41, 5.74) is 2.74. The smallest absolute Gasteiger partial charge is 0.354 e. The standard InChI is InChI=1S/C17H13NO3/c1-10-9-13-12(11-5-3-2-4-6-11)7-8-14(19)16(13)18-15(10)17(20)21/h2-9,19H,1H3,(H,20,21). The van der Waals surface area contributed by atoms with Gasteiger partial charge in [-0.25, -0.2) is 9.78 Å². The molecule has 4 nitrogen and oxygen atoms in total. The molecule has 0 spiro atoms. The van der Waals surface area contributed by atoms with E-state index in [0.29, 0.717) is 11.1 Å².